The number of rotatable bonds is 3. The molecule has 2 aromatic rings. The summed E-state index contributed by atoms with van der Waals surface area (Å²) in [7, 11) is 0. The molecule has 0 aromatic heterocycles. The lowest BCUT2D eigenvalue weighted by Gasteiger charge is -2.04. The molecule has 0 heterocycles. The van der Waals surface area contributed by atoms with Gasteiger partial charge in [-0.3, -0.25) is 4.79 Å². The Kier molecular flexibility index (Phi) is 4.10. The van der Waals surface area contributed by atoms with Crippen LogP contribution in [0.5, 0.6) is 5.75 Å². The summed E-state index contributed by atoms with van der Waals surface area (Å²) < 4.78 is 12.7. The molecule has 0 radical (unpaired) electrons. The quantitative estimate of drug-likeness (QED) is 0.666. The largest absolute Gasteiger partial charge is 0.507 e. The number of hydrazone groups is 1. The highest BCUT2D eigenvalue weighted by atomic mass is 19.1. The number of phenolic OH excluding ortho intramolecular Hbond substituents is 1. The number of nitrogens with one attached hydrogen (secondary N) is 1. The van der Waals surface area contributed by atoms with Crippen LogP contribution in [0, 0.1) is 5.82 Å². The van der Waals surface area contributed by atoms with Gasteiger partial charge in [-0.05, 0) is 43.3 Å². The molecule has 5 heteroatoms. The standard InChI is InChI=1S/C15H13FN2O2/c1-10(13-4-2-3-5-14(13)19)17-18-15(20)11-6-8-12(16)9-7-11/h2-9,19H,1H3,(H,18,20)/b17-10-. The maximum Gasteiger partial charge on any atom is 0.271 e. The van der Waals surface area contributed by atoms with E-state index in [2.05, 4.69) is 10.5 Å². The van der Waals surface area contributed by atoms with Gasteiger partial charge in [0.05, 0.1) is 5.71 Å². The molecule has 0 fully saturated rings. The summed E-state index contributed by atoms with van der Waals surface area (Å²) in [5, 5.41) is 13.6. The van der Waals surface area contributed by atoms with Crippen molar-refractivity contribution in [1.29, 1.82) is 0 Å². The summed E-state index contributed by atoms with van der Waals surface area (Å²) in [6, 6.07) is 11.8. The first-order valence-corrected chi connectivity index (χ1v) is 5.96. The smallest absolute Gasteiger partial charge is 0.271 e. The second kappa shape index (κ2) is 5.97. The maximum absolute atomic E-state index is 12.7. The van der Waals surface area contributed by atoms with Gasteiger partial charge in [-0.25, -0.2) is 9.82 Å². The van der Waals surface area contributed by atoms with E-state index in [0.717, 1.165) is 0 Å². The number of amides is 1. The minimum Gasteiger partial charge on any atom is -0.507 e. The number of para-hydroxylation sites is 1. The zero-order valence-electron chi connectivity index (χ0n) is 10.8. The Morgan fingerprint density at radius 2 is 1.80 bits per heavy atom. The molecule has 0 atom stereocenters. The van der Waals surface area contributed by atoms with Gasteiger partial charge in [-0.15, -0.1) is 0 Å². The maximum atomic E-state index is 12.7. The van der Waals surface area contributed by atoms with E-state index in [1.165, 1.54) is 30.3 Å². The molecule has 2 aromatic carbocycles. The van der Waals surface area contributed by atoms with Crippen LogP contribution in [0.2, 0.25) is 0 Å². The lowest BCUT2D eigenvalue weighted by molar-refractivity contribution is 0.0955. The molecule has 0 aliphatic heterocycles. The van der Waals surface area contributed by atoms with E-state index in [1.807, 2.05) is 0 Å². The fourth-order valence-corrected chi connectivity index (χ4v) is 1.64. The first-order chi connectivity index (χ1) is 9.58. The van der Waals surface area contributed by atoms with Gasteiger partial charge in [0.2, 0.25) is 0 Å². The van der Waals surface area contributed by atoms with Crippen LogP contribution >= 0.6 is 0 Å². The molecular weight excluding hydrogens is 259 g/mol. The van der Waals surface area contributed by atoms with E-state index in [-0.39, 0.29) is 5.75 Å². The second-order valence-electron chi connectivity index (χ2n) is 4.16. The molecule has 102 valence electrons. The predicted octanol–water partition coefficient (Wildman–Crippen LogP) is 2.69. The average molecular weight is 272 g/mol. The summed E-state index contributed by atoms with van der Waals surface area (Å²) in [6.07, 6.45) is 0. The van der Waals surface area contributed by atoms with Crippen molar-refractivity contribution in [2.45, 2.75) is 6.92 Å². The Labute approximate surface area is 115 Å². The Morgan fingerprint density at radius 3 is 2.45 bits per heavy atom. The van der Waals surface area contributed by atoms with Crippen molar-refractivity contribution >= 4 is 11.6 Å². The predicted molar refractivity (Wildman–Crippen MR) is 74.2 cm³/mol. The van der Waals surface area contributed by atoms with Gasteiger partial charge in [-0.1, -0.05) is 12.1 Å². The van der Waals surface area contributed by atoms with Crippen LogP contribution < -0.4 is 5.43 Å². The van der Waals surface area contributed by atoms with Gasteiger partial charge in [0.25, 0.3) is 5.91 Å². The topological polar surface area (TPSA) is 61.7 Å². The Bertz CT molecular complexity index is 651. The summed E-state index contributed by atoms with van der Waals surface area (Å²) >= 11 is 0. The van der Waals surface area contributed by atoms with Crippen LogP contribution in [0.1, 0.15) is 22.8 Å². The van der Waals surface area contributed by atoms with Crippen molar-refractivity contribution < 1.29 is 14.3 Å². The number of nitrogens with zero attached hydrogens (tertiary/aromatic N) is 1. The zero-order valence-corrected chi connectivity index (χ0v) is 10.8. The Hall–Kier alpha value is -2.69. The van der Waals surface area contributed by atoms with Gasteiger partial charge in [-0.2, -0.15) is 5.10 Å². The minimum atomic E-state index is -0.445. The molecule has 0 unspecified atom stereocenters. The number of aromatic hydroxyl groups is 1. The third kappa shape index (κ3) is 3.20. The normalized spacial score (nSPS) is 11.2. The van der Waals surface area contributed by atoms with Crippen molar-refractivity contribution in [1.82, 2.24) is 5.43 Å². The van der Waals surface area contributed by atoms with E-state index in [4.69, 9.17) is 0 Å². The molecule has 2 rings (SSSR count). The molecule has 4 nitrogen and oxygen atoms in total. The highest BCUT2D eigenvalue weighted by Crippen LogP contribution is 2.16. The third-order valence-electron chi connectivity index (χ3n) is 2.73. The minimum absolute atomic E-state index is 0.0878. The molecule has 0 spiro atoms. The first kappa shape index (κ1) is 13.7. The molecule has 0 aliphatic carbocycles. The number of carbonyl (C=O) groups excluding carboxylic acids is 1. The van der Waals surface area contributed by atoms with E-state index in [0.29, 0.717) is 16.8 Å². The highest BCUT2D eigenvalue weighted by molar-refractivity contribution is 6.02. The number of carbonyl (C=O) groups is 1. The van der Waals surface area contributed by atoms with Gasteiger partial charge in [0.15, 0.2) is 0 Å². The van der Waals surface area contributed by atoms with Crippen molar-refractivity contribution in [3.8, 4) is 5.75 Å². The van der Waals surface area contributed by atoms with Crippen LogP contribution in [-0.2, 0) is 0 Å². The van der Waals surface area contributed by atoms with Crippen molar-refractivity contribution in [3.05, 3.63) is 65.5 Å². The SMILES string of the molecule is C/C(=N/NC(=O)c1ccc(F)cc1)c1ccccc1O. The number of hydrogen-bond donors (Lipinski definition) is 2. The van der Waals surface area contributed by atoms with Crippen molar-refractivity contribution in [2.24, 2.45) is 5.10 Å². The van der Waals surface area contributed by atoms with Crippen LogP contribution in [0.3, 0.4) is 0 Å². The third-order valence-corrected chi connectivity index (χ3v) is 2.73. The second-order valence-corrected chi connectivity index (χ2v) is 4.16. The van der Waals surface area contributed by atoms with Crippen LogP contribution in [0.15, 0.2) is 53.6 Å². The lowest BCUT2D eigenvalue weighted by Crippen LogP contribution is -2.19. The zero-order chi connectivity index (χ0) is 14.5. The fourth-order valence-electron chi connectivity index (χ4n) is 1.64. The van der Waals surface area contributed by atoms with Gasteiger partial charge in [0, 0.05) is 11.1 Å². The van der Waals surface area contributed by atoms with E-state index in [1.54, 1.807) is 25.1 Å². The molecule has 0 aliphatic rings. The monoisotopic (exact) mass is 272 g/mol. The number of halogens is 1. The van der Waals surface area contributed by atoms with Crippen molar-refractivity contribution in [2.75, 3.05) is 0 Å². The summed E-state index contributed by atoms with van der Waals surface area (Å²) in [5.41, 5.74) is 3.67. The molecule has 2 N–H and O–H groups in total. The Balaban J connectivity index is 2.11. The number of benzene rings is 2. The van der Waals surface area contributed by atoms with Gasteiger partial charge >= 0.3 is 0 Å². The molecule has 0 saturated heterocycles. The molecular formula is C15H13FN2O2. The molecule has 1 amide bonds. The van der Waals surface area contributed by atoms with Crippen LogP contribution in [0.4, 0.5) is 4.39 Å². The average Bonchev–Trinajstić information content (AvgIpc) is 2.45. The lowest BCUT2D eigenvalue weighted by atomic mass is 10.1. The van der Waals surface area contributed by atoms with E-state index in [9.17, 15) is 14.3 Å². The van der Waals surface area contributed by atoms with E-state index >= 15 is 0 Å². The number of hydrogen-bond acceptors (Lipinski definition) is 3. The first-order valence-electron chi connectivity index (χ1n) is 5.96. The van der Waals surface area contributed by atoms with E-state index < -0.39 is 11.7 Å². The summed E-state index contributed by atoms with van der Waals surface area (Å²) in [6.45, 7) is 1.67. The van der Waals surface area contributed by atoms with Crippen molar-refractivity contribution in [3.63, 3.8) is 0 Å². The van der Waals surface area contributed by atoms with Crippen LogP contribution in [-0.4, -0.2) is 16.7 Å². The number of phenols is 1. The fraction of sp³-hybridized carbons (Fsp3) is 0.0667. The molecule has 20 heavy (non-hydrogen) atoms. The van der Waals surface area contributed by atoms with Crippen LogP contribution in [0.25, 0.3) is 0 Å². The Morgan fingerprint density at radius 1 is 1.15 bits per heavy atom. The van der Waals surface area contributed by atoms with Gasteiger partial charge < -0.3 is 5.11 Å². The summed E-state index contributed by atoms with van der Waals surface area (Å²) in [5.74, 6) is -0.764. The molecule has 0 bridgehead atoms. The van der Waals surface area contributed by atoms with Gasteiger partial charge in [0.1, 0.15) is 11.6 Å². The highest BCUT2D eigenvalue weighted by Gasteiger charge is 2.06. The molecule has 0 saturated carbocycles. The summed E-state index contributed by atoms with van der Waals surface area (Å²) in [4.78, 5) is 11.8.